The van der Waals surface area contributed by atoms with E-state index in [1.165, 1.54) is 60.8 Å². The average molecular weight is 469 g/mol. The summed E-state index contributed by atoms with van der Waals surface area (Å²) in [4.78, 5) is 0. The van der Waals surface area contributed by atoms with Crippen molar-refractivity contribution < 1.29 is 0 Å². The predicted octanol–water partition coefficient (Wildman–Crippen LogP) is 6.38. The first-order valence-electron chi connectivity index (χ1n) is 12.6. The van der Waals surface area contributed by atoms with Gasteiger partial charge in [0.1, 0.15) is 0 Å². The molecule has 2 saturated heterocycles. The predicted molar refractivity (Wildman–Crippen MR) is 147 cm³/mol. The molecule has 2 aliphatic heterocycles. The third-order valence-electron chi connectivity index (χ3n) is 7.55. The molecule has 4 heteroatoms. The van der Waals surface area contributed by atoms with Crippen molar-refractivity contribution in [2.45, 2.75) is 88.1 Å². The number of nitrogens with one attached hydrogen (secondary N) is 2. The summed E-state index contributed by atoms with van der Waals surface area (Å²) >= 11 is 0. The molecule has 32 heavy (non-hydrogen) atoms. The maximum atomic E-state index is 3.98. The summed E-state index contributed by atoms with van der Waals surface area (Å²) in [6, 6.07) is 16.7. The first-order valence-corrected chi connectivity index (χ1v) is 13.9. The first kappa shape index (κ1) is 24.3. The Hall–Kier alpha value is -0.780. The van der Waals surface area contributed by atoms with E-state index in [-0.39, 0.29) is 10.6 Å². The van der Waals surface area contributed by atoms with Crippen molar-refractivity contribution in [3.8, 4) is 11.1 Å². The normalized spacial score (nSPS) is 24.2. The fourth-order valence-electron chi connectivity index (χ4n) is 6.06. The van der Waals surface area contributed by atoms with Gasteiger partial charge < -0.3 is 10.6 Å². The zero-order valence-corrected chi connectivity index (χ0v) is 22.5. The van der Waals surface area contributed by atoms with Gasteiger partial charge in [-0.05, 0) is 78.2 Å². The highest BCUT2D eigenvalue weighted by Gasteiger charge is 2.47. The van der Waals surface area contributed by atoms with Crippen molar-refractivity contribution in [3.63, 3.8) is 0 Å². The molecule has 2 aliphatic rings. The van der Waals surface area contributed by atoms with Crippen molar-refractivity contribution in [3.05, 3.63) is 59.2 Å². The molecule has 4 unspecified atom stereocenters. The molecule has 0 saturated carbocycles. The Morgan fingerprint density at radius 3 is 1.88 bits per heavy atom. The van der Waals surface area contributed by atoms with E-state index in [9.17, 15) is 0 Å². The van der Waals surface area contributed by atoms with Gasteiger partial charge in [-0.25, -0.2) is 0 Å². The van der Waals surface area contributed by atoms with Gasteiger partial charge in [0.15, 0.2) is 0 Å². The highest BCUT2D eigenvalue weighted by atomic mass is 31.0. The zero-order valence-electron chi connectivity index (χ0n) is 20.2. The minimum absolute atomic E-state index is 0.0276. The molecule has 0 amide bonds. The van der Waals surface area contributed by atoms with Crippen LogP contribution >= 0.6 is 18.5 Å². The fourth-order valence-corrected chi connectivity index (χ4v) is 7.30. The third-order valence-corrected chi connectivity index (χ3v) is 9.09. The van der Waals surface area contributed by atoms with Crippen molar-refractivity contribution >= 4 is 18.5 Å². The second-order valence-electron chi connectivity index (χ2n) is 10.8. The summed E-state index contributed by atoms with van der Waals surface area (Å²) in [5, 5.41) is 7.93. The minimum Gasteiger partial charge on any atom is -0.313 e. The van der Waals surface area contributed by atoms with E-state index in [0.717, 1.165) is 19.3 Å². The zero-order chi connectivity index (χ0) is 22.8. The number of hydrogen-bond acceptors (Lipinski definition) is 2. The van der Waals surface area contributed by atoms with E-state index in [2.05, 4.69) is 92.3 Å². The Balaban J connectivity index is 2.01. The molecule has 174 valence electrons. The molecule has 0 aliphatic carbocycles. The molecule has 2 nitrogen and oxygen atoms in total. The summed E-state index contributed by atoms with van der Waals surface area (Å²) in [6.07, 6.45) is 8.71. The van der Waals surface area contributed by atoms with Gasteiger partial charge in [-0.2, -0.15) is 0 Å². The van der Waals surface area contributed by atoms with E-state index < -0.39 is 0 Å². The molecule has 2 N–H and O–H groups in total. The molecule has 2 aromatic rings. The summed E-state index contributed by atoms with van der Waals surface area (Å²) in [5.41, 5.74) is 7.35. The molecule has 4 atom stereocenters. The van der Waals surface area contributed by atoms with Crippen LogP contribution in [0.3, 0.4) is 0 Å². The van der Waals surface area contributed by atoms with Crippen LogP contribution in [0.1, 0.15) is 76.0 Å². The van der Waals surface area contributed by atoms with Gasteiger partial charge in [-0.15, -0.1) is 18.5 Å². The van der Waals surface area contributed by atoms with Crippen LogP contribution in [0.15, 0.2) is 42.5 Å². The Morgan fingerprint density at radius 2 is 1.41 bits per heavy atom. The lowest BCUT2D eigenvalue weighted by molar-refractivity contribution is 0.235. The molecule has 0 radical (unpaired) electrons. The topological polar surface area (TPSA) is 24.1 Å². The average Bonchev–Trinajstić information content (AvgIpc) is 2.83. The van der Waals surface area contributed by atoms with E-state index >= 15 is 0 Å². The van der Waals surface area contributed by atoms with E-state index in [1.807, 2.05) is 0 Å². The van der Waals surface area contributed by atoms with E-state index in [0.29, 0.717) is 12.1 Å². The van der Waals surface area contributed by atoms with Crippen molar-refractivity contribution in [1.82, 2.24) is 10.6 Å². The highest BCUT2D eigenvalue weighted by Crippen LogP contribution is 2.51. The third kappa shape index (κ3) is 4.72. The Bertz CT molecular complexity index is 874. The maximum absolute atomic E-state index is 3.98. The largest absolute Gasteiger partial charge is 0.313 e. The van der Waals surface area contributed by atoms with E-state index in [1.54, 1.807) is 5.56 Å². The fraction of sp³-hybridized carbons (Fsp3) is 0.571. The number of benzene rings is 2. The van der Waals surface area contributed by atoms with Crippen LogP contribution in [-0.2, 0) is 16.7 Å². The summed E-state index contributed by atoms with van der Waals surface area (Å²) in [6.45, 7) is 9.47. The number of piperidine rings is 2. The van der Waals surface area contributed by atoms with E-state index in [4.69, 9.17) is 0 Å². The Kier molecular flexibility index (Phi) is 7.78. The smallest absolute Gasteiger partial charge is 0.0408 e. The van der Waals surface area contributed by atoms with Gasteiger partial charge in [0.05, 0.1) is 0 Å². The molecule has 0 aromatic heterocycles. The molecular formula is C28H42N2P2. The Morgan fingerprint density at radius 1 is 0.812 bits per heavy atom. The molecule has 4 rings (SSSR count). The van der Waals surface area contributed by atoms with Gasteiger partial charge in [-0.1, -0.05) is 76.1 Å². The lowest BCUT2D eigenvalue weighted by Gasteiger charge is -2.50. The number of hydrogen-bond donors (Lipinski definition) is 2. The number of rotatable bonds is 5. The van der Waals surface area contributed by atoms with Crippen molar-refractivity contribution in [2.75, 3.05) is 13.1 Å². The van der Waals surface area contributed by atoms with Gasteiger partial charge in [0.2, 0.25) is 0 Å². The van der Waals surface area contributed by atoms with Crippen LogP contribution in [0.5, 0.6) is 0 Å². The second kappa shape index (κ2) is 10.2. The quantitative estimate of drug-likeness (QED) is 0.498. The van der Waals surface area contributed by atoms with Crippen molar-refractivity contribution in [2.24, 2.45) is 0 Å². The van der Waals surface area contributed by atoms with Gasteiger partial charge >= 0.3 is 0 Å². The molecular weight excluding hydrogens is 426 g/mol. The van der Waals surface area contributed by atoms with Crippen LogP contribution in [-0.4, -0.2) is 25.2 Å². The monoisotopic (exact) mass is 468 g/mol. The molecule has 0 spiro atoms. The molecule has 0 bridgehead atoms. The Labute approximate surface area is 200 Å². The molecule has 2 aromatic carbocycles. The second-order valence-corrected chi connectivity index (χ2v) is 12.1. The molecule has 2 heterocycles. The van der Waals surface area contributed by atoms with Crippen LogP contribution in [0.25, 0.3) is 11.1 Å². The summed E-state index contributed by atoms with van der Waals surface area (Å²) in [7, 11) is 6.47. The lowest BCUT2D eigenvalue weighted by Crippen LogP contribution is -2.59. The minimum atomic E-state index is -0.0276. The standard InChI is InChI=1S/C28H42N2P2/c1-27(2,3)26-22(20-11-5-4-6-12-20)16-15-21(19-31)25(26)28(32,23-13-7-9-17-29-23)24-14-8-10-18-30-24/h4-6,11-12,15-16,23-24,29-30H,7-10,13-14,17-19,31-32H2,1-3H3. The van der Waals surface area contributed by atoms with Gasteiger partial charge in [-0.3, -0.25) is 0 Å². The van der Waals surface area contributed by atoms with Gasteiger partial charge in [0.25, 0.3) is 0 Å². The van der Waals surface area contributed by atoms with Crippen LogP contribution < -0.4 is 10.6 Å². The SMILES string of the molecule is CC(C)(C)c1c(-c2ccccc2)ccc(CP)c1C(P)(C1CCCCN1)C1CCCCN1. The highest BCUT2D eigenvalue weighted by molar-refractivity contribution is 7.18. The van der Waals surface area contributed by atoms with Gasteiger partial charge in [0, 0.05) is 17.2 Å². The summed E-state index contributed by atoms with van der Waals surface area (Å²) < 4.78 is 0. The summed E-state index contributed by atoms with van der Waals surface area (Å²) in [5.74, 6) is 0. The maximum Gasteiger partial charge on any atom is 0.0408 e. The van der Waals surface area contributed by atoms with Crippen LogP contribution in [0.4, 0.5) is 0 Å². The van der Waals surface area contributed by atoms with Crippen molar-refractivity contribution in [1.29, 1.82) is 0 Å². The lowest BCUT2D eigenvalue weighted by atomic mass is 9.68. The first-order chi connectivity index (χ1) is 15.4. The van der Waals surface area contributed by atoms with Crippen LogP contribution in [0, 0.1) is 0 Å². The van der Waals surface area contributed by atoms with Crippen LogP contribution in [0.2, 0.25) is 0 Å². The molecule has 2 fully saturated rings.